The molecule has 0 atom stereocenters. The van der Waals surface area contributed by atoms with Crippen LogP contribution in [-0.2, 0) is 6.18 Å². The molecule has 0 saturated heterocycles. The highest BCUT2D eigenvalue weighted by Crippen LogP contribution is 2.30. The molecule has 0 fully saturated rings. The van der Waals surface area contributed by atoms with Gasteiger partial charge in [0, 0.05) is 5.56 Å². The van der Waals surface area contributed by atoms with Crippen LogP contribution < -0.4 is 4.73 Å². The largest absolute Gasteiger partial charge is 0.710 e. The Kier molecular flexibility index (Phi) is 2.94. The van der Waals surface area contributed by atoms with Crippen LogP contribution in [0.3, 0.4) is 0 Å². The molecule has 0 aliphatic heterocycles. The van der Waals surface area contributed by atoms with E-state index >= 15 is 0 Å². The molecular weight excluding hydrogens is 245 g/mol. The molecule has 0 N–H and O–H groups in total. The lowest BCUT2D eigenvalue weighted by Crippen LogP contribution is -2.30. The number of aryl methyl sites for hydroxylation is 1. The topological polar surface area (TPSA) is 39.8 Å². The number of halogens is 3. The second kappa shape index (κ2) is 4.29. The monoisotopic (exact) mass is 254 g/mol. The summed E-state index contributed by atoms with van der Waals surface area (Å²) in [7, 11) is 0. The van der Waals surface area contributed by atoms with Crippen LogP contribution in [0, 0.1) is 12.1 Å². The van der Waals surface area contributed by atoms with Crippen molar-refractivity contribution >= 4 is 0 Å². The van der Waals surface area contributed by atoms with Gasteiger partial charge in [0.05, 0.1) is 11.1 Å². The van der Waals surface area contributed by atoms with Crippen LogP contribution in [0.15, 0.2) is 36.7 Å². The highest BCUT2D eigenvalue weighted by Gasteiger charge is 2.30. The van der Waals surface area contributed by atoms with E-state index in [0.717, 1.165) is 12.1 Å². The van der Waals surface area contributed by atoms with E-state index in [1.807, 2.05) is 0 Å². The lowest BCUT2D eigenvalue weighted by molar-refractivity contribution is -0.597. The normalized spacial score (nSPS) is 11.6. The zero-order valence-electron chi connectivity index (χ0n) is 9.40. The fraction of sp³-hybridized carbons (Fsp3) is 0.167. The Morgan fingerprint density at radius 3 is 2.28 bits per heavy atom. The zero-order valence-corrected chi connectivity index (χ0v) is 9.40. The number of alkyl halides is 3. The number of nitrogens with zero attached hydrogens (tertiary/aromatic N) is 2. The minimum absolute atomic E-state index is 0.0781. The minimum Gasteiger partial charge on any atom is -0.710 e. The van der Waals surface area contributed by atoms with Crippen LogP contribution in [0.25, 0.3) is 11.4 Å². The molecule has 0 bridgehead atoms. The molecule has 0 radical (unpaired) electrons. The van der Waals surface area contributed by atoms with Crippen LogP contribution in [0.1, 0.15) is 11.1 Å². The van der Waals surface area contributed by atoms with Gasteiger partial charge >= 0.3 is 12.0 Å². The zero-order chi connectivity index (χ0) is 13.3. The quantitative estimate of drug-likeness (QED) is 0.580. The lowest BCUT2D eigenvalue weighted by atomic mass is 10.1. The molecule has 1 heterocycles. The summed E-state index contributed by atoms with van der Waals surface area (Å²) in [4.78, 5) is 3.91. The number of hydrogen-bond acceptors (Lipinski definition) is 2. The smallest absolute Gasteiger partial charge is 0.416 e. The molecule has 1 aromatic carbocycles. The van der Waals surface area contributed by atoms with Crippen LogP contribution in [-0.4, -0.2) is 4.98 Å². The molecule has 3 nitrogen and oxygen atoms in total. The molecule has 0 unspecified atom stereocenters. The van der Waals surface area contributed by atoms with E-state index in [9.17, 15) is 18.4 Å². The molecule has 0 aliphatic carbocycles. The summed E-state index contributed by atoms with van der Waals surface area (Å²) < 4.78 is 37.7. The summed E-state index contributed by atoms with van der Waals surface area (Å²) in [6.45, 7) is 1.71. The van der Waals surface area contributed by atoms with Crippen molar-refractivity contribution < 1.29 is 17.9 Å². The molecule has 0 aliphatic rings. The van der Waals surface area contributed by atoms with E-state index < -0.39 is 11.7 Å². The molecule has 2 aromatic rings. The Labute approximate surface area is 101 Å². The summed E-state index contributed by atoms with van der Waals surface area (Å²) in [5, 5.41) is 11.6. The Bertz CT molecular complexity index is 565. The second-order valence-corrected chi connectivity index (χ2v) is 3.86. The van der Waals surface area contributed by atoms with Crippen molar-refractivity contribution in [2.75, 3.05) is 0 Å². The number of rotatable bonds is 1. The van der Waals surface area contributed by atoms with Gasteiger partial charge in [-0.15, -0.1) is 0 Å². The maximum Gasteiger partial charge on any atom is 0.416 e. The fourth-order valence-corrected chi connectivity index (χ4v) is 1.51. The van der Waals surface area contributed by atoms with Gasteiger partial charge in [-0.2, -0.15) is 13.2 Å². The molecule has 0 saturated carbocycles. The molecule has 0 amide bonds. The first-order valence-corrected chi connectivity index (χ1v) is 5.11. The predicted molar refractivity (Wildman–Crippen MR) is 58.4 cm³/mol. The molecule has 0 spiro atoms. The first kappa shape index (κ1) is 12.3. The van der Waals surface area contributed by atoms with Gasteiger partial charge in [0.1, 0.15) is 12.4 Å². The van der Waals surface area contributed by atoms with Crippen LogP contribution in [0.5, 0.6) is 0 Å². The molecule has 1 aromatic heterocycles. The first-order valence-electron chi connectivity index (χ1n) is 5.11. The van der Waals surface area contributed by atoms with Gasteiger partial charge in [-0.05, 0) is 36.2 Å². The van der Waals surface area contributed by atoms with Gasteiger partial charge in [-0.3, -0.25) is 0 Å². The maximum atomic E-state index is 12.4. The van der Waals surface area contributed by atoms with Crippen LogP contribution in [0.4, 0.5) is 13.2 Å². The van der Waals surface area contributed by atoms with E-state index in [1.54, 1.807) is 6.92 Å². The summed E-state index contributed by atoms with van der Waals surface area (Å²) >= 11 is 0. The Morgan fingerprint density at radius 2 is 1.78 bits per heavy atom. The lowest BCUT2D eigenvalue weighted by Gasteiger charge is -2.08. The van der Waals surface area contributed by atoms with Crippen LogP contribution >= 0.6 is 0 Å². The highest BCUT2D eigenvalue weighted by atomic mass is 19.4. The van der Waals surface area contributed by atoms with Crippen molar-refractivity contribution in [1.29, 1.82) is 0 Å². The Hall–Kier alpha value is -2.11. The van der Waals surface area contributed by atoms with Crippen molar-refractivity contribution in [3.8, 4) is 11.4 Å². The third-order valence-corrected chi connectivity index (χ3v) is 2.39. The average Bonchev–Trinajstić information content (AvgIpc) is 2.28. The first-order chi connectivity index (χ1) is 8.38. The standard InChI is InChI=1S/C12H9F3N2O/c1-8-6-16-11(17(18)7-8)9-2-4-10(5-3-9)12(13,14)15/h2-7H,1H3. The summed E-state index contributed by atoms with van der Waals surface area (Å²) in [5.41, 5.74) is 0.273. The SMILES string of the molecule is Cc1cnc(-c2ccc(C(F)(F)F)cc2)[n+]([O-])c1. The molecule has 94 valence electrons. The number of benzene rings is 1. The molecule has 2 rings (SSSR count). The number of hydrogen-bond donors (Lipinski definition) is 0. The minimum atomic E-state index is -4.38. The Morgan fingerprint density at radius 1 is 1.17 bits per heavy atom. The van der Waals surface area contributed by atoms with Crippen molar-refractivity contribution in [3.05, 3.63) is 53.0 Å². The van der Waals surface area contributed by atoms with Crippen molar-refractivity contribution in [2.24, 2.45) is 0 Å². The molecule has 18 heavy (non-hydrogen) atoms. The third-order valence-electron chi connectivity index (χ3n) is 2.39. The van der Waals surface area contributed by atoms with E-state index in [-0.39, 0.29) is 5.82 Å². The maximum absolute atomic E-state index is 12.4. The van der Waals surface area contributed by atoms with Crippen molar-refractivity contribution in [3.63, 3.8) is 0 Å². The van der Waals surface area contributed by atoms with E-state index in [2.05, 4.69) is 4.98 Å². The van der Waals surface area contributed by atoms with Gasteiger partial charge in [-0.25, -0.2) is 4.73 Å². The van der Waals surface area contributed by atoms with Crippen LogP contribution in [0.2, 0.25) is 0 Å². The summed E-state index contributed by atoms with van der Waals surface area (Å²) in [5.74, 6) is 0.0781. The summed E-state index contributed by atoms with van der Waals surface area (Å²) in [6.07, 6.45) is -1.58. The Balaban J connectivity index is 2.41. The number of aromatic nitrogens is 2. The third kappa shape index (κ3) is 2.42. The van der Waals surface area contributed by atoms with E-state index in [4.69, 9.17) is 0 Å². The summed E-state index contributed by atoms with van der Waals surface area (Å²) in [6, 6.07) is 4.32. The van der Waals surface area contributed by atoms with Gasteiger partial charge in [-0.1, -0.05) is 0 Å². The van der Waals surface area contributed by atoms with Gasteiger partial charge in [0.15, 0.2) is 0 Å². The van der Waals surface area contributed by atoms with E-state index in [1.165, 1.54) is 24.5 Å². The van der Waals surface area contributed by atoms with Crippen molar-refractivity contribution in [1.82, 2.24) is 4.98 Å². The molecule has 6 heteroatoms. The predicted octanol–water partition coefficient (Wildman–Crippen LogP) is 2.71. The second-order valence-electron chi connectivity index (χ2n) is 3.86. The fourth-order valence-electron chi connectivity index (χ4n) is 1.51. The van der Waals surface area contributed by atoms with Gasteiger partial charge < -0.3 is 5.21 Å². The van der Waals surface area contributed by atoms with E-state index in [0.29, 0.717) is 15.9 Å². The molecular formula is C12H9F3N2O. The van der Waals surface area contributed by atoms with Gasteiger partial charge in [0.2, 0.25) is 0 Å². The highest BCUT2D eigenvalue weighted by molar-refractivity contribution is 5.52. The van der Waals surface area contributed by atoms with Gasteiger partial charge in [0.25, 0.3) is 0 Å². The van der Waals surface area contributed by atoms with Crippen molar-refractivity contribution in [2.45, 2.75) is 13.1 Å². The average molecular weight is 254 g/mol.